The number of thiophene rings is 1. The van der Waals surface area contributed by atoms with Crippen molar-refractivity contribution in [2.75, 3.05) is 33.2 Å². The Bertz CT molecular complexity index is 1580. The fourth-order valence-electron chi connectivity index (χ4n) is 5.81. The Morgan fingerprint density at radius 1 is 1.00 bits per heavy atom. The van der Waals surface area contributed by atoms with E-state index in [9.17, 15) is 14.0 Å². The minimum absolute atomic E-state index is 0.00588. The first-order valence-corrected chi connectivity index (χ1v) is 15.2. The number of rotatable bonds is 9. The third-order valence-electron chi connectivity index (χ3n) is 8.29. The number of carbonyl (C=O) groups excluding carboxylic acids is 2. The van der Waals surface area contributed by atoms with Crippen LogP contribution < -0.4 is 9.64 Å². The van der Waals surface area contributed by atoms with Gasteiger partial charge in [0.25, 0.3) is 5.91 Å². The number of halogens is 2. The maximum Gasteiger partial charge on any atom is 0.266 e. The first-order valence-electron chi connectivity index (χ1n) is 14.0. The van der Waals surface area contributed by atoms with Gasteiger partial charge in [-0.15, -0.1) is 11.3 Å². The topological polar surface area (TPSA) is 53.1 Å². The predicted octanol–water partition coefficient (Wildman–Crippen LogP) is 7.48. The van der Waals surface area contributed by atoms with Crippen LogP contribution in [0.15, 0.2) is 60.7 Å². The highest BCUT2D eigenvalue weighted by Gasteiger charge is 2.33. The van der Waals surface area contributed by atoms with Crippen LogP contribution in [0.3, 0.4) is 0 Å². The second-order valence-electron chi connectivity index (χ2n) is 11.0. The summed E-state index contributed by atoms with van der Waals surface area (Å²) < 4.78 is 21.1. The number of carbonyl (C=O) groups is 2. The van der Waals surface area contributed by atoms with Crippen LogP contribution in [-0.2, 0) is 11.3 Å². The van der Waals surface area contributed by atoms with Gasteiger partial charge < -0.3 is 19.4 Å². The molecule has 0 bridgehead atoms. The van der Waals surface area contributed by atoms with E-state index < -0.39 is 5.82 Å². The largest absolute Gasteiger partial charge is 0.496 e. The Balaban J connectivity index is 1.52. The van der Waals surface area contributed by atoms with Crippen molar-refractivity contribution in [3.63, 3.8) is 0 Å². The van der Waals surface area contributed by atoms with E-state index in [-0.39, 0.29) is 17.0 Å². The van der Waals surface area contributed by atoms with Gasteiger partial charge in [0.1, 0.15) is 16.4 Å². The number of hydrogen-bond donors (Lipinski definition) is 0. The lowest BCUT2D eigenvalue weighted by molar-refractivity contribution is -0.107. The third kappa shape index (κ3) is 6.02. The van der Waals surface area contributed by atoms with Gasteiger partial charge in [0, 0.05) is 47.0 Å². The van der Waals surface area contributed by atoms with Crippen LogP contribution in [0.1, 0.15) is 40.9 Å². The van der Waals surface area contributed by atoms with Crippen LogP contribution in [-0.4, -0.2) is 62.5 Å². The second kappa shape index (κ2) is 12.8. The first kappa shape index (κ1) is 30.0. The van der Waals surface area contributed by atoms with Crippen LogP contribution >= 0.6 is 22.9 Å². The fraction of sp³-hybridized carbons (Fsp3) is 0.333. The third-order valence-corrected chi connectivity index (χ3v) is 9.92. The molecule has 5 rings (SSSR count). The van der Waals surface area contributed by atoms with Crippen molar-refractivity contribution in [2.24, 2.45) is 0 Å². The predicted molar refractivity (Wildman–Crippen MR) is 169 cm³/mol. The summed E-state index contributed by atoms with van der Waals surface area (Å²) >= 11 is 7.92. The molecule has 1 aliphatic carbocycles. The van der Waals surface area contributed by atoms with Crippen LogP contribution in [0.5, 0.6) is 5.75 Å². The summed E-state index contributed by atoms with van der Waals surface area (Å²) in [7, 11) is 7.53. The molecule has 42 heavy (non-hydrogen) atoms. The van der Waals surface area contributed by atoms with E-state index >= 15 is 0 Å². The Labute approximate surface area is 255 Å². The molecule has 9 heteroatoms. The number of hydrogen-bond acceptors (Lipinski definition) is 5. The van der Waals surface area contributed by atoms with Crippen molar-refractivity contribution in [1.82, 2.24) is 9.80 Å². The molecular weight excluding hydrogens is 573 g/mol. The van der Waals surface area contributed by atoms with Gasteiger partial charge in [-0.1, -0.05) is 35.9 Å². The molecule has 1 fully saturated rings. The maximum absolute atomic E-state index is 14.7. The van der Waals surface area contributed by atoms with Gasteiger partial charge in [-0.2, -0.15) is 0 Å². The van der Waals surface area contributed by atoms with Crippen LogP contribution in [0, 0.1) is 5.82 Å². The second-order valence-corrected chi connectivity index (χ2v) is 12.4. The van der Waals surface area contributed by atoms with Crippen LogP contribution in [0.2, 0.25) is 5.02 Å². The number of benzene rings is 3. The number of nitrogens with zero attached hydrogens (tertiary/aromatic N) is 3. The van der Waals surface area contributed by atoms with Crippen molar-refractivity contribution < 1.29 is 18.7 Å². The van der Waals surface area contributed by atoms with E-state index in [2.05, 4.69) is 25.1 Å². The summed E-state index contributed by atoms with van der Waals surface area (Å²) in [6.45, 7) is 0.326. The minimum atomic E-state index is -0.425. The van der Waals surface area contributed by atoms with Crippen molar-refractivity contribution in [3.05, 3.63) is 81.9 Å². The van der Waals surface area contributed by atoms with E-state index in [1.54, 1.807) is 26.3 Å². The molecular formula is C33H35ClFN3O3S. The molecule has 1 aromatic heterocycles. The molecule has 220 valence electrons. The summed E-state index contributed by atoms with van der Waals surface area (Å²) in [6, 6.07) is 19.0. The molecule has 0 unspecified atom stereocenters. The van der Waals surface area contributed by atoms with E-state index in [0.717, 1.165) is 54.5 Å². The first-order chi connectivity index (χ1) is 20.2. The van der Waals surface area contributed by atoms with E-state index in [1.807, 2.05) is 41.3 Å². The van der Waals surface area contributed by atoms with Crippen LogP contribution in [0.25, 0.3) is 21.2 Å². The molecule has 4 aromatic rings. The molecule has 1 aliphatic rings. The van der Waals surface area contributed by atoms with Crippen molar-refractivity contribution in [2.45, 2.75) is 44.3 Å². The highest BCUT2D eigenvalue weighted by atomic mass is 35.5. The number of fused-ring (bicyclic) bond motifs is 1. The molecule has 0 saturated heterocycles. The summed E-state index contributed by atoms with van der Waals surface area (Å²) in [5, 5.41) is 0.471. The SMILES string of the molecule is COc1ccc(-c2ccc(N(C)C=O)cc2)cc1CN(C(=O)c1sc2cccc(F)c2c1Cl)C1CCC(N(C)C)CC1. The lowest BCUT2D eigenvalue weighted by Crippen LogP contribution is -2.44. The Morgan fingerprint density at radius 3 is 2.29 bits per heavy atom. The lowest BCUT2D eigenvalue weighted by atomic mass is 9.89. The highest BCUT2D eigenvalue weighted by molar-refractivity contribution is 7.21. The zero-order valence-corrected chi connectivity index (χ0v) is 25.8. The molecule has 6 nitrogen and oxygen atoms in total. The quantitative estimate of drug-likeness (QED) is 0.185. The summed E-state index contributed by atoms with van der Waals surface area (Å²) in [5.41, 5.74) is 3.62. The standard InChI is InChI=1S/C33H35ClFN3O3S/c1-36(2)24-13-15-26(16-14-24)38(33(40)32-31(34)30-27(35)6-5-7-29(30)42-32)19-23-18-22(10-17-28(23)41-4)21-8-11-25(12-9-21)37(3)20-39/h5-12,17-18,20,24,26H,13-16,19H2,1-4H3. The Kier molecular flexibility index (Phi) is 9.16. The van der Waals surface area contributed by atoms with Crippen molar-refractivity contribution in [3.8, 4) is 16.9 Å². The minimum Gasteiger partial charge on any atom is -0.496 e. The highest BCUT2D eigenvalue weighted by Crippen LogP contribution is 2.40. The van der Waals surface area contributed by atoms with Crippen molar-refractivity contribution in [1.29, 1.82) is 0 Å². The normalized spacial score (nSPS) is 16.9. The molecule has 1 heterocycles. The van der Waals surface area contributed by atoms with Gasteiger partial charge in [0.2, 0.25) is 6.41 Å². The molecule has 2 amide bonds. The van der Waals surface area contributed by atoms with Gasteiger partial charge in [-0.3, -0.25) is 9.59 Å². The van der Waals surface area contributed by atoms with E-state index in [0.29, 0.717) is 33.3 Å². The molecule has 1 saturated carbocycles. The smallest absolute Gasteiger partial charge is 0.266 e. The molecule has 0 aliphatic heterocycles. The molecule has 3 aromatic carbocycles. The Morgan fingerprint density at radius 2 is 1.67 bits per heavy atom. The van der Waals surface area contributed by atoms with Gasteiger partial charge in [0.05, 0.1) is 12.1 Å². The van der Waals surface area contributed by atoms with Crippen molar-refractivity contribution >= 4 is 51.0 Å². The zero-order valence-electron chi connectivity index (χ0n) is 24.3. The number of amides is 2. The van der Waals surface area contributed by atoms with E-state index in [4.69, 9.17) is 16.3 Å². The number of anilines is 1. The Hall–Kier alpha value is -3.46. The van der Waals surface area contributed by atoms with Gasteiger partial charge in [0.15, 0.2) is 0 Å². The van der Waals surface area contributed by atoms with Gasteiger partial charge >= 0.3 is 0 Å². The van der Waals surface area contributed by atoms with Gasteiger partial charge in [-0.05, 0) is 87.3 Å². The summed E-state index contributed by atoms with van der Waals surface area (Å²) in [4.78, 5) is 31.5. The molecule has 0 spiro atoms. The van der Waals surface area contributed by atoms with Crippen LogP contribution in [0.4, 0.5) is 10.1 Å². The zero-order chi connectivity index (χ0) is 30.0. The van der Waals surface area contributed by atoms with Gasteiger partial charge in [-0.25, -0.2) is 4.39 Å². The number of ether oxygens (including phenoxy) is 1. The molecule has 0 N–H and O–H groups in total. The summed E-state index contributed by atoms with van der Waals surface area (Å²) in [5.74, 6) is 0.0671. The monoisotopic (exact) mass is 607 g/mol. The molecule has 0 atom stereocenters. The molecule has 0 radical (unpaired) electrons. The average molecular weight is 608 g/mol. The fourth-order valence-corrected chi connectivity index (χ4v) is 7.32. The summed E-state index contributed by atoms with van der Waals surface area (Å²) in [6.07, 6.45) is 4.46. The lowest BCUT2D eigenvalue weighted by Gasteiger charge is -2.39. The van der Waals surface area contributed by atoms with E-state index in [1.165, 1.54) is 22.3 Å². The maximum atomic E-state index is 14.7. The number of methoxy groups -OCH3 is 1. The average Bonchev–Trinajstić information content (AvgIpc) is 3.36.